The Hall–Kier alpha value is -1.39. The van der Waals surface area contributed by atoms with Gasteiger partial charge in [-0.2, -0.15) is 0 Å². The van der Waals surface area contributed by atoms with Crippen molar-refractivity contribution in [2.75, 3.05) is 13.1 Å². The molecule has 1 heterocycles. The summed E-state index contributed by atoms with van der Waals surface area (Å²) in [6.07, 6.45) is 0. The number of rotatable bonds is 3. The Morgan fingerprint density at radius 1 is 1.53 bits per heavy atom. The van der Waals surface area contributed by atoms with E-state index in [1.165, 1.54) is 11.8 Å². The summed E-state index contributed by atoms with van der Waals surface area (Å²) in [4.78, 5) is 35.1. The van der Waals surface area contributed by atoms with Crippen LogP contribution >= 0.6 is 0 Å². The van der Waals surface area contributed by atoms with Crippen LogP contribution in [0.2, 0.25) is 0 Å². The largest absolute Gasteiger partial charge is 0.346 e. The second kappa shape index (κ2) is 4.42. The van der Waals surface area contributed by atoms with Crippen LogP contribution in [0.5, 0.6) is 0 Å². The number of carbonyl (C=O) groups is 3. The first-order valence-corrected chi connectivity index (χ1v) is 5.01. The summed E-state index contributed by atoms with van der Waals surface area (Å²) < 4.78 is 0. The fourth-order valence-electron chi connectivity index (χ4n) is 1.69. The van der Waals surface area contributed by atoms with Gasteiger partial charge in [0, 0.05) is 6.54 Å². The van der Waals surface area contributed by atoms with Gasteiger partial charge in [-0.25, -0.2) is 0 Å². The third-order valence-electron chi connectivity index (χ3n) is 2.49. The number of piperazine rings is 1. The van der Waals surface area contributed by atoms with E-state index in [0.717, 1.165) is 0 Å². The molecule has 0 aromatic carbocycles. The summed E-state index contributed by atoms with van der Waals surface area (Å²) >= 11 is 0. The van der Waals surface area contributed by atoms with Crippen molar-refractivity contribution in [3.05, 3.63) is 0 Å². The molecule has 15 heavy (non-hydrogen) atoms. The number of nitrogens with zero attached hydrogens (tertiary/aromatic N) is 1. The van der Waals surface area contributed by atoms with Crippen molar-refractivity contribution >= 4 is 17.6 Å². The first-order valence-electron chi connectivity index (χ1n) is 5.01. The first kappa shape index (κ1) is 11.7. The predicted octanol–water partition coefficient (Wildman–Crippen LogP) is -0.442. The van der Waals surface area contributed by atoms with Crippen LogP contribution < -0.4 is 5.32 Å². The van der Waals surface area contributed by atoms with Crippen LogP contribution in [0, 0.1) is 5.92 Å². The highest BCUT2D eigenvalue weighted by molar-refractivity contribution is 6.35. The van der Waals surface area contributed by atoms with Crippen molar-refractivity contribution in [1.82, 2.24) is 10.2 Å². The minimum atomic E-state index is -0.617. The molecule has 5 nitrogen and oxygen atoms in total. The van der Waals surface area contributed by atoms with E-state index in [2.05, 4.69) is 5.32 Å². The van der Waals surface area contributed by atoms with E-state index in [1.54, 1.807) is 0 Å². The molecule has 1 aliphatic heterocycles. The molecular weight excluding hydrogens is 196 g/mol. The minimum absolute atomic E-state index is 0.0229. The van der Waals surface area contributed by atoms with Gasteiger partial charge in [-0.3, -0.25) is 14.4 Å². The van der Waals surface area contributed by atoms with Crippen molar-refractivity contribution < 1.29 is 14.4 Å². The van der Waals surface area contributed by atoms with Gasteiger partial charge in [0.15, 0.2) is 0 Å². The van der Waals surface area contributed by atoms with Crippen LogP contribution in [-0.4, -0.2) is 41.6 Å². The van der Waals surface area contributed by atoms with Crippen LogP contribution in [0.25, 0.3) is 0 Å². The molecule has 84 valence electrons. The Balaban J connectivity index is 2.84. The quantitative estimate of drug-likeness (QED) is 0.645. The predicted molar refractivity (Wildman–Crippen MR) is 54.0 cm³/mol. The number of Topliss-reactive ketones (excluding diaryl/α,β-unsaturated/α-hetero) is 1. The fraction of sp³-hybridized carbons (Fsp3) is 0.700. The molecule has 0 aliphatic carbocycles. The molecule has 2 amide bonds. The summed E-state index contributed by atoms with van der Waals surface area (Å²) in [5.74, 6) is -1.11. The molecule has 1 N–H and O–H groups in total. The topological polar surface area (TPSA) is 66.5 Å². The van der Waals surface area contributed by atoms with Gasteiger partial charge < -0.3 is 10.2 Å². The lowest BCUT2D eigenvalue weighted by atomic mass is 10.00. The van der Waals surface area contributed by atoms with Crippen LogP contribution in [-0.2, 0) is 14.4 Å². The smallest absolute Gasteiger partial charge is 0.312 e. The number of amides is 2. The van der Waals surface area contributed by atoms with Crippen LogP contribution in [0.15, 0.2) is 0 Å². The molecule has 0 aromatic rings. The molecule has 0 spiro atoms. The maximum absolute atomic E-state index is 11.5. The summed E-state index contributed by atoms with van der Waals surface area (Å²) in [6.45, 7) is 5.78. The van der Waals surface area contributed by atoms with Crippen molar-refractivity contribution in [3.8, 4) is 0 Å². The molecule has 0 bridgehead atoms. The van der Waals surface area contributed by atoms with Crippen LogP contribution in [0.1, 0.15) is 20.8 Å². The van der Waals surface area contributed by atoms with E-state index in [1.807, 2.05) is 13.8 Å². The van der Waals surface area contributed by atoms with Gasteiger partial charge in [-0.05, 0) is 12.8 Å². The zero-order valence-electron chi connectivity index (χ0n) is 9.24. The van der Waals surface area contributed by atoms with Gasteiger partial charge in [-0.1, -0.05) is 13.8 Å². The maximum Gasteiger partial charge on any atom is 0.312 e. The number of hydrogen-bond donors (Lipinski definition) is 1. The van der Waals surface area contributed by atoms with E-state index in [0.29, 0.717) is 6.54 Å². The third-order valence-corrected chi connectivity index (χ3v) is 2.49. The van der Waals surface area contributed by atoms with Crippen molar-refractivity contribution in [3.63, 3.8) is 0 Å². The normalized spacial score (nSPS) is 21.9. The van der Waals surface area contributed by atoms with Crippen LogP contribution in [0.4, 0.5) is 0 Å². The van der Waals surface area contributed by atoms with E-state index >= 15 is 0 Å². The molecule has 1 aliphatic rings. The minimum Gasteiger partial charge on any atom is -0.346 e. The number of hydrogen-bond acceptors (Lipinski definition) is 3. The monoisotopic (exact) mass is 212 g/mol. The average molecular weight is 212 g/mol. The lowest BCUT2D eigenvalue weighted by Crippen LogP contribution is -2.60. The molecule has 5 heteroatoms. The summed E-state index contributed by atoms with van der Waals surface area (Å²) in [7, 11) is 0. The Kier molecular flexibility index (Phi) is 3.44. The van der Waals surface area contributed by atoms with Gasteiger partial charge in [0.1, 0.15) is 5.78 Å². The van der Waals surface area contributed by atoms with Crippen molar-refractivity contribution in [2.45, 2.75) is 26.8 Å². The number of ketones is 1. The molecule has 0 aromatic heterocycles. The average Bonchev–Trinajstić information content (AvgIpc) is 2.12. The Bertz CT molecular complexity index is 299. The first-order chi connectivity index (χ1) is 6.93. The zero-order valence-corrected chi connectivity index (χ0v) is 9.24. The molecule has 0 saturated carbocycles. The van der Waals surface area contributed by atoms with Gasteiger partial charge in [-0.15, -0.1) is 0 Å². The van der Waals surface area contributed by atoms with E-state index in [9.17, 15) is 14.4 Å². The number of carbonyl (C=O) groups excluding carboxylic acids is 3. The highest BCUT2D eigenvalue weighted by Gasteiger charge is 2.35. The summed E-state index contributed by atoms with van der Waals surface area (Å²) in [6, 6.07) is -0.0842. The molecule has 1 unspecified atom stereocenters. The molecule has 1 fully saturated rings. The number of nitrogens with one attached hydrogen (secondary N) is 1. The standard InChI is InChI=1S/C10H16N2O3/c1-6(2)8-4-11-9(14)10(15)12(8)5-7(3)13/h6,8H,4-5H2,1-3H3,(H,11,14). The Labute approximate surface area is 88.8 Å². The van der Waals surface area contributed by atoms with E-state index in [4.69, 9.17) is 0 Å². The third kappa shape index (κ3) is 2.55. The maximum atomic E-state index is 11.5. The summed E-state index contributed by atoms with van der Waals surface area (Å²) in [5, 5.41) is 2.52. The Morgan fingerprint density at radius 2 is 2.13 bits per heavy atom. The van der Waals surface area contributed by atoms with Gasteiger partial charge >= 0.3 is 11.8 Å². The highest BCUT2D eigenvalue weighted by atomic mass is 16.2. The fourth-order valence-corrected chi connectivity index (χ4v) is 1.69. The molecule has 1 rings (SSSR count). The van der Waals surface area contributed by atoms with Crippen molar-refractivity contribution in [1.29, 1.82) is 0 Å². The van der Waals surface area contributed by atoms with E-state index in [-0.39, 0.29) is 24.3 Å². The molecule has 1 atom stereocenters. The second-order valence-electron chi connectivity index (χ2n) is 4.16. The summed E-state index contributed by atoms with van der Waals surface area (Å²) in [5.41, 5.74) is 0. The lowest BCUT2D eigenvalue weighted by molar-refractivity contribution is -0.152. The van der Waals surface area contributed by atoms with Crippen LogP contribution in [0.3, 0.4) is 0 Å². The highest BCUT2D eigenvalue weighted by Crippen LogP contribution is 2.13. The molecule has 0 radical (unpaired) electrons. The molecular formula is C10H16N2O3. The lowest BCUT2D eigenvalue weighted by Gasteiger charge is -2.36. The van der Waals surface area contributed by atoms with Gasteiger partial charge in [0.05, 0.1) is 12.6 Å². The SMILES string of the molecule is CC(=O)CN1C(=O)C(=O)NCC1C(C)C. The van der Waals surface area contributed by atoms with Gasteiger partial charge in [0.25, 0.3) is 0 Å². The zero-order chi connectivity index (χ0) is 11.6. The Morgan fingerprint density at radius 3 is 2.60 bits per heavy atom. The second-order valence-corrected chi connectivity index (χ2v) is 4.16. The molecule has 1 saturated heterocycles. The van der Waals surface area contributed by atoms with Gasteiger partial charge in [0.2, 0.25) is 0 Å². The van der Waals surface area contributed by atoms with Crippen molar-refractivity contribution in [2.24, 2.45) is 5.92 Å². The van der Waals surface area contributed by atoms with E-state index < -0.39 is 11.8 Å².